The second-order valence-corrected chi connectivity index (χ2v) is 3.90. The highest BCUT2D eigenvalue weighted by molar-refractivity contribution is 5.63. The molecule has 0 amide bonds. The van der Waals surface area contributed by atoms with Gasteiger partial charge in [-0.25, -0.2) is 4.79 Å². The van der Waals surface area contributed by atoms with Crippen molar-refractivity contribution in [3.8, 4) is 0 Å². The van der Waals surface area contributed by atoms with Crippen LogP contribution in [0.25, 0.3) is 0 Å². The average molecular weight is 257 g/mol. The van der Waals surface area contributed by atoms with Gasteiger partial charge in [0.15, 0.2) is 0 Å². The zero-order valence-electron chi connectivity index (χ0n) is 9.30. The van der Waals surface area contributed by atoms with Crippen molar-refractivity contribution in [1.82, 2.24) is 9.13 Å². The third-order valence-corrected chi connectivity index (χ3v) is 2.66. The molecule has 1 aromatic rings. The summed E-state index contributed by atoms with van der Waals surface area (Å²) in [6.07, 6.45) is 1.29. The average Bonchev–Trinajstić information content (AvgIpc) is 2.82. The molecule has 1 aliphatic heterocycles. The predicted molar refractivity (Wildman–Crippen MR) is 54.2 cm³/mol. The number of hydrogen-bond donors (Lipinski definition) is 0. The Morgan fingerprint density at radius 1 is 1.56 bits per heavy atom. The number of carbonyl (C=O) groups is 1. The number of rotatable bonds is 3. The van der Waals surface area contributed by atoms with E-state index >= 15 is 0 Å². The Morgan fingerprint density at radius 2 is 2.28 bits per heavy atom. The highest BCUT2D eigenvalue weighted by atomic mass is 19.1. The van der Waals surface area contributed by atoms with Crippen LogP contribution in [0.4, 0.5) is 4.39 Å². The van der Waals surface area contributed by atoms with Crippen molar-refractivity contribution < 1.29 is 19.0 Å². The molecular formula is C10H10FN2O5-. The Hall–Kier alpha value is -1.96. The van der Waals surface area contributed by atoms with Crippen molar-refractivity contribution in [3.63, 3.8) is 0 Å². The number of aromatic nitrogens is 2. The smallest absolute Gasteiger partial charge is 0.333 e. The number of carboxylic acid groups (broad SMARTS) is 1. The van der Waals surface area contributed by atoms with E-state index in [2.05, 4.69) is 0 Å². The van der Waals surface area contributed by atoms with Crippen molar-refractivity contribution in [2.45, 2.75) is 25.6 Å². The summed E-state index contributed by atoms with van der Waals surface area (Å²) in [6, 6.07) is 0. The molecule has 7 nitrogen and oxygen atoms in total. The monoisotopic (exact) mass is 257 g/mol. The number of carbonyl (C=O) groups excluding carboxylic acids is 1. The highest BCUT2D eigenvalue weighted by Crippen LogP contribution is 2.20. The van der Waals surface area contributed by atoms with Crippen LogP contribution in [0.15, 0.2) is 15.8 Å². The van der Waals surface area contributed by atoms with Crippen molar-refractivity contribution >= 4 is 5.97 Å². The van der Waals surface area contributed by atoms with Crippen LogP contribution >= 0.6 is 0 Å². The molecule has 2 rings (SSSR count). The molecule has 0 aliphatic carbocycles. The minimum absolute atomic E-state index is 0.284. The Labute approximate surface area is 100 Å². The van der Waals surface area contributed by atoms with Crippen molar-refractivity contribution in [1.29, 1.82) is 0 Å². The highest BCUT2D eigenvalue weighted by Gasteiger charge is 2.21. The quantitative estimate of drug-likeness (QED) is 0.637. The summed E-state index contributed by atoms with van der Waals surface area (Å²) in [5.74, 6) is -2.84. The molecule has 98 valence electrons. The summed E-state index contributed by atoms with van der Waals surface area (Å²) < 4.78 is 19.7. The summed E-state index contributed by atoms with van der Waals surface area (Å²) in [6.45, 7) is -0.555. The lowest BCUT2D eigenvalue weighted by Crippen LogP contribution is -2.46. The van der Waals surface area contributed by atoms with Crippen molar-refractivity contribution in [3.05, 3.63) is 32.9 Å². The lowest BCUT2D eigenvalue weighted by Gasteiger charge is -2.15. The van der Waals surface area contributed by atoms with Gasteiger partial charge >= 0.3 is 5.69 Å². The summed E-state index contributed by atoms with van der Waals surface area (Å²) in [4.78, 5) is 33.6. The Morgan fingerprint density at radius 3 is 2.83 bits per heavy atom. The van der Waals surface area contributed by atoms with Crippen LogP contribution in [0.2, 0.25) is 0 Å². The van der Waals surface area contributed by atoms with Gasteiger partial charge < -0.3 is 14.6 Å². The molecule has 0 spiro atoms. The van der Waals surface area contributed by atoms with E-state index in [1.807, 2.05) is 0 Å². The molecule has 0 unspecified atom stereocenters. The fraction of sp³-hybridized carbons (Fsp3) is 0.500. The Kier molecular flexibility index (Phi) is 3.28. The van der Waals surface area contributed by atoms with Crippen LogP contribution in [0.1, 0.15) is 19.1 Å². The molecule has 1 aliphatic rings. The zero-order chi connectivity index (χ0) is 13.3. The molecule has 1 fully saturated rings. The number of hydrogen-bond acceptors (Lipinski definition) is 5. The Balaban J connectivity index is 2.55. The summed E-state index contributed by atoms with van der Waals surface area (Å²) in [5.41, 5.74) is -2.20. The topological polar surface area (TPSA) is 93.4 Å². The first-order valence-corrected chi connectivity index (χ1v) is 5.33. The minimum atomic E-state index is -1.64. The van der Waals surface area contributed by atoms with Gasteiger partial charge in [-0.05, 0) is 12.8 Å². The van der Waals surface area contributed by atoms with Gasteiger partial charge in [-0.1, -0.05) is 0 Å². The molecule has 1 aromatic heterocycles. The first kappa shape index (κ1) is 12.5. The second kappa shape index (κ2) is 4.73. The van der Waals surface area contributed by atoms with Gasteiger partial charge in [0, 0.05) is 6.61 Å². The van der Waals surface area contributed by atoms with Crippen LogP contribution < -0.4 is 16.4 Å². The summed E-state index contributed by atoms with van der Waals surface area (Å²) in [7, 11) is 0. The lowest BCUT2D eigenvalue weighted by molar-refractivity contribution is -0.306. The molecule has 8 heteroatoms. The van der Waals surface area contributed by atoms with E-state index in [4.69, 9.17) is 4.74 Å². The first-order valence-electron chi connectivity index (χ1n) is 5.33. The van der Waals surface area contributed by atoms with Gasteiger partial charge in [0.1, 0.15) is 6.23 Å². The number of halogens is 1. The van der Waals surface area contributed by atoms with Crippen LogP contribution in [0.3, 0.4) is 0 Å². The maximum absolute atomic E-state index is 13.4. The third kappa shape index (κ3) is 2.19. The maximum Gasteiger partial charge on any atom is 0.333 e. The van der Waals surface area contributed by atoms with Gasteiger partial charge in [-0.2, -0.15) is 4.39 Å². The van der Waals surface area contributed by atoms with E-state index in [-0.39, 0.29) is 4.57 Å². The van der Waals surface area contributed by atoms with Gasteiger partial charge in [-0.3, -0.25) is 13.9 Å². The van der Waals surface area contributed by atoms with Crippen LogP contribution in [-0.4, -0.2) is 21.7 Å². The maximum atomic E-state index is 13.4. The van der Waals surface area contributed by atoms with Crippen LogP contribution in [0, 0.1) is 5.82 Å². The molecule has 0 radical (unpaired) electrons. The molecule has 1 atom stereocenters. The van der Waals surface area contributed by atoms with E-state index in [9.17, 15) is 23.9 Å². The summed E-state index contributed by atoms with van der Waals surface area (Å²) >= 11 is 0. The first-order chi connectivity index (χ1) is 8.50. The van der Waals surface area contributed by atoms with E-state index in [1.54, 1.807) is 0 Å². The van der Waals surface area contributed by atoms with Gasteiger partial charge in [-0.15, -0.1) is 0 Å². The fourth-order valence-electron chi connectivity index (χ4n) is 1.84. The molecule has 1 saturated heterocycles. The van der Waals surface area contributed by atoms with Crippen LogP contribution in [0.5, 0.6) is 0 Å². The van der Waals surface area contributed by atoms with Gasteiger partial charge in [0.05, 0.1) is 18.7 Å². The van der Waals surface area contributed by atoms with Crippen molar-refractivity contribution in [2.24, 2.45) is 0 Å². The van der Waals surface area contributed by atoms with Crippen molar-refractivity contribution in [2.75, 3.05) is 6.61 Å². The van der Waals surface area contributed by atoms with E-state index in [0.717, 1.165) is 10.8 Å². The minimum Gasteiger partial charge on any atom is -0.548 e. The van der Waals surface area contributed by atoms with E-state index in [1.165, 1.54) is 0 Å². The molecule has 0 saturated carbocycles. The molecule has 0 aromatic carbocycles. The molecular weight excluding hydrogens is 247 g/mol. The number of carboxylic acids is 1. The second-order valence-electron chi connectivity index (χ2n) is 3.90. The normalized spacial score (nSPS) is 19.1. The largest absolute Gasteiger partial charge is 0.548 e. The standard InChI is InChI=1S/C10H11FN2O5/c11-6-4-12(7-2-1-3-18-7)10(17)13(9(6)16)5-8(14)15/h4,7H,1-3,5H2,(H,14,15)/p-1/t7-/m0/s1. The van der Waals surface area contributed by atoms with E-state index < -0.39 is 35.8 Å². The number of nitrogens with zero attached hydrogens (tertiary/aromatic N) is 2. The number of aliphatic carboxylic acids is 1. The molecule has 2 heterocycles. The molecule has 18 heavy (non-hydrogen) atoms. The van der Waals surface area contributed by atoms with E-state index in [0.29, 0.717) is 19.4 Å². The van der Waals surface area contributed by atoms with Crippen LogP contribution in [-0.2, 0) is 16.1 Å². The zero-order valence-corrected chi connectivity index (χ0v) is 9.30. The van der Waals surface area contributed by atoms with Gasteiger partial charge in [0.2, 0.25) is 5.82 Å². The fourth-order valence-corrected chi connectivity index (χ4v) is 1.84. The molecule has 0 bridgehead atoms. The molecule has 0 N–H and O–H groups in total. The summed E-state index contributed by atoms with van der Waals surface area (Å²) in [5, 5.41) is 10.4. The Bertz CT molecular complexity index is 585. The SMILES string of the molecule is O=C([O-])Cn1c(=O)c(F)cn([C@@H]2CCCO2)c1=O. The predicted octanol–water partition coefficient (Wildman–Crippen LogP) is -1.79. The lowest BCUT2D eigenvalue weighted by atomic mass is 10.3. The number of ether oxygens (including phenoxy) is 1. The van der Waals surface area contributed by atoms with Gasteiger partial charge in [0.25, 0.3) is 5.56 Å². The third-order valence-electron chi connectivity index (χ3n) is 2.66.